The fourth-order valence-corrected chi connectivity index (χ4v) is 3.56. The lowest BCUT2D eigenvalue weighted by molar-refractivity contribution is -0.00599. The van der Waals surface area contributed by atoms with E-state index >= 15 is 0 Å². The van der Waals surface area contributed by atoms with Crippen molar-refractivity contribution in [2.45, 2.75) is 103 Å². The van der Waals surface area contributed by atoms with Gasteiger partial charge in [-0.25, -0.2) is 4.79 Å². The quantitative estimate of drug-likeness (QED) is 0.466. The van der Waals surface area contributed by atoms with Gasteiger partial charge in [0.1, 0.15) is 5.60 Å². The van der Waals surface area contributed by atoms with E-state index < -0.39 is 5.60 Å². The van der Waals surface area contributed by atoms with Crippen LogP contribution in [-0.2, 0) is 9.47 Å². The highest BCUT2D eigenvalue weighted by atomic mass is 16.6. The van der Waals surface area contributed by atoms with Crippen molar-refractivity contribution in [1.29, 1.82) is 0 Å². The molecule has 1 aliphatic carbocycles. The molecule has 27 heavy (non-hydrogen) atoms. The Morgan fingerprint density at radius 2 is 1.56 bits per heavy atom. The number of unbranched alkanes of at least 4 members (excludes halogenated alkanes) is 3. The molecule has 1 amide bonds. The molecule has 0 aromatic carbocycles. The molecule has 0 spiro atoms. The Hall–Kier alpha value is -0.810. The number of hydrogen-bond donors (Lipinski definition) is 0. The SMILES string of the molecule is CCCCCN(C)CCCCO[C@H]1CC[C@H](N(C)C(=O)OC(C)(C)C)CC1. The Morgan fingerprint density at radius 3 is 2.11 bits per heavy atom. The molecule has 0 aromatic rings. The van der Waals surface area contributed by atoms with Gasteiger partial charge in [-0.2, -0.15) is 0 Å². The summed E-state index contributed by atoms with van der Waals surface area (Å²) in [7, 11) is 4.08. The van der Waals surface area contributed by atoms with Gasteiger partial charge in [-0.3, -0.25) is 0 Å². The summed E-state index contributed by atoms with van der Waals surface area (Å²) in [6.07, 6.45) is 10.5. The minimum atomic E-state index is -0.435. The number of ether oxygens (including phenoxy) is 2. The van der Waals surface area contributed by atoms with Crippen LogP contribution in [0.3, 0.4) is 0 Å². The average Bonchev–Trinajstić information content (AvgIpc) is 2.60. The molecule has 0 heterocycles. The minimum absolute atomic E-state index is 0.213. The molecule has 0 saturated heterocycles. The first-order chi connectivity index (χ1) is 12.7. The zero-order valence-corrected chi connectivity index (χ0v) is 18.8. The molecule has 0 aromatic heterocycles. The highest BCUT2D eigenvalue weighted by Gasteiger charge is 2.29. The molecule has 5 heteroatoms. The molecule has 1 fully saturated rings. The summed E-state index contributed by atoms with van der Waals surface area (Å²) >= 11 is 0. The lowest BCUT2D eigenvalue weighted by Gasteiger charge is -2.35. The van der Waals surface area contributed by atoms with Gasteiger partial charge >= 0.3 is 6.09 Å². The number of carbonyl (C=O) groups is 1. The van der Waals surface area contributed by atoms with Crippen molar-refractivity contribution < 1.29 is 14.3 Å². The maximum absolute atomic E-state index is 12.2. The number of rotatable bonds is 11. The molecule has 1 rings (SSSR count). The van der Waals surface area contributed by atoms with E-state index in [0.29, 0.717) is 6.10 Å². The second-order valence-corrected chi connectivity index (χ2v) is 9.11. The summed E-state index contributed by atoms with van der Waals surface area (Å²) in [5.74, 6) is 0. The fraction of sp³-hybridized carbons (Fsp3) is 0.955. The molecule has 0 N–H and O–H groups in total. The van der Waals surface area contributed by atoms with E-state index in [1.807, 2.05) is 27.8 Å². The molecule has 0 unspecified atom stereocenters. The third kappa shape index (κ3) is 10.9. The highest BCUT2D eigenvalue weighted by molar-refractivity contribution is 5.68. The number of nitrogens with zero attached hydrogens (tertiary/aromatic N) is 2. The number of hydrogen-bond acceptors (Lipinski definition) is 4. The zero-order chi connectivity index (χ0) is 20.3. The van der Waals surface area contributed by atoms with Crippen molar-refractivity contribution in [2.75, 3.05) is 33.8 Å². The average molecular weight is 385 g/mol. The van der Waals surface area contributed by atoms with Crippen LogP contribution in [0.1, 0.15) is 85.5 Å². The van der Waals surface area contributed by atoms with Crippen molar-refractivity contribution in [3.05, 3.63) is 0 Å². The molecule has 0 radical (unpaired) electrons. The van der Waals surface area contributed by atoms with E-state index in [-0.39, 0.29) is 12.1 Å². The third-order valence-corrected chi connectivity index (χ3v) is 5.30. The van der Waals surface area contributed by atoms with E-state index in [4.69, 9.17) is 9.47 Å². The molecule has 5 nitrogen and oxygen atoms in total. The van der Waals surface area contributed by atoms with Crippen molar-refractivity contribution in [1.82, 2.24) is 9.80 Å². The van der Waals surface area contributed by atoms with Crippen molar-refractivity contribution in [3.63, 3.8) is 0 Å². The van der Waals surface area contributed by atoms with Gasteiger partial charge in [0, 0.05) is 19.7 Å². The first kappa shape index (κ1) is 24.2. The van der Waals surface area contributed by atoms with Gasteiger partial charge in [0.05, 0.1) is 6.10 Å². The summed E-state index contributed by atoms with van der Waals surface area (Å²) < 4.78 is 11.6. The normalized spacial score (nSPS) is 20.7. The van der Waals surface area contributed by atoms with E-state index in [1.165, 1.54) is 38.8 Å². The van der Waals surface area contributed by atoms with Crippen LogP contribution in [0.25, 0.3) is 0 Å². The topological polar surface area (TPSA) is 42.0 Å². The first-order valence-electron chi connectivity index (χ1n) is 11.0. The Balaban J connectivity index is 2.11. The van der Waals surface area contributed by atoms with Crippen LogP contribution in [0.4, 0.5) is 4.79 Å². The van der Waals surface area contributed by atoms with Crippen LogP contribution in [0.15, 0.2) is 0 Å². The Labute approximate surface area is 167 Å². The number of carbonyl (C=O) groups excluding carboxylic acids is 1. The predicted octanol–water partition coefficient (Wildman–Crippen LogP) is 5.08. The summed E-state index contributed by atoms with van der Waals surface area (Å²) in [6, 6.07) is 0.275. The molecule has 1 saturated carbocycles. The minimum Gasteiger partial charge on any atom is -0.444 e. The van der Waals surface area contributed by atoms with Gasteiger partial charge in [-0.05, 0) is 85.9 Å². The molecule has 0 aliphatic heterocycles. The van der Waals surface area contributed by atoms with Crippen LogP contribution in [0, 0.1) is 0 Å². The molecule has 160 valence electrons. The van der Waals surface area contributed by atoms with Crippen molar-refractivity contribution in [2.24, 2.45) is 0 Å². The van der Waals surface area contributed by atoms with Gasteiger partial charge < -0.3 is 19.3 Å². The Kier molecular flexibility index (Phi) is 11.3. The van der Waals surface area contributed by atoms with Crippen LogP contribution >= 0.6 is 0 Å². The Morgan fingerprint density at radius 1 is 0.963 bits per heavy atom. The second-order valence-electron chi connectivity index (χ2n) is 9.11. The molecule has 0 atom stereocenters. The van der Waals surface area contributed by atoms with Crippen LogP contribution in [0.2, 0.25) is 0 Å². The maximum Gasteiger partial charge on any atom is 0.410 e. The summed E-state index contributed by atoms with van der Waals surface area (Å²) in [6.45, 7) is 11.2. The van der Waals surface area contributed by atoms with Gasteiger partial charge in [0.2, 0.25) is 0 Å². The van der Waals surface area contributed by atoms with E-state index in [0.717, 1.165) is 38.7 Å². The van der Waals surface area contributed by atoms with Crippen LogP contribution < -0.4 is 0 Å². The van der Waals surface area contributed by atoms with Crippen LogP contribution in [0.5, 0.6) is 0 Å². The third-order valence-electron chi connectivity index (χ3n) is 5.30. The van der Waals surface area contributed by atoms with E-state index in [2.05, 4.69) is 18.9 Å². The molecular weight excluding hydrogens is 340 g/mol. The first-order valence-corrected chi connectivity index (χ1v) is 11.0. The van der Waals surface area contributed by atoms with Crippen molar-refractivity contribution in [3.8, 4) is 0 Å². The smallest absolute Gasteiger partial charge is 0.410 e. The molecular formula is C22H44N2O3. The van der Waals surface area contributed by atoms with E-state index in [9.17, 15) is 4.79 Å². The summed E-state index contributed by atoms with van der Waals surface area (Å²) in [5, 5.41) is 0. The highest BCUT2D eigenvalue weighted by Crippen LogP contribution is 2.25. The standard InChI is InChI=1S/C22H44N2O3/c1-7-8-9-16-23(5)17-10-11-18-26-20-14-12-19(13-15-20)24(6)21(25)27-22(2,3)4/h19-20H,7-18H2,1-6H3/t19-,20-. The van der Waals surface area contributed by atoms with Crippen LogP contribution in [-0.4, -0.2) is 67.4 Å². The lowest BCUT2D eigenvalue weighted by Crippen LogP contribution is -2.43. The zero-order valence-electron chi connectivity index (χ0n) is 18.8. The maximum atomic E-state index is 12.2. The van der Waals surface area contributed by atoms with Gasteiger partial charge in [0.25, 0.3) is 0 Å². The van der Waals surface area contributed by atoms with Gasteiger partial charge in [-0.1, -0.05) is 19.8 Å². The van der Waals surface area contributed by atoms with Gasteiger partial charge in [-0.15, -0.1) is 0 Å². The second kappa shape index (κ2) is 12.6. The number of amides is 1. The lowest BCUT2D eigenvalue weighted by atomic mass is 9.92. The van der Waals surface area contributed by atoms with Gasteiger partial charge in [0.15, 0.2) is 0 Å². The monoisotopic (exact) mass is 384 g/mol. The summed E-state index contributed by atoms with van der Waals surface area (Å²) in [5.41, 5.74) is -0.435. The van der Waals surface area contributed by atoms with E-state index in [1.54, 1.807) is 4.90 Å². The Bertz CT molecular complexity index is 401. The predicted molar refractivity (Wildman–Crippen MR) is 112 cm³/mol. The largest absolute Gasteiger partial charge is 0.444 e. The molecule has 1 aliphatic rings. The summed E-state index contributed by atoms with van der Waals surface area (Å²) in [4.78, 5) is 16.4. The van der Waals surface area contributed by atoms with Crippen molar-refractivity contribution >= 4 is 6.09 Å². The molecule has 0 bridgehead atoms. The fourth-order valence-electron chi connectivity index (χ4n) is 3.56.